The summed E-state index contributed by atoms with van der Waals surface area (Å²) < 4.78 is 16.1. The molecule has 0 radical (unpaired) electrons. The Morgan fingerprint density at radius 1 is 1.33 bits per heavy atom. The Bertz CT molecular complexity index is 470. The van der Waals surface area contributed by atoms with E-state index in [1.54, 1.807) is 26.4 Å². The van der Waals surface area contributed by atoms with Gasteiger partial charge in [-0.1, -0.05) is 0 Å². The minimum Gasteiger partial charge on any atom is -0.496 e. The average molecular weight is 293 g/mol. The standard InChI is InChI=1S/C16H23NO4/c1-11-14(19-2)9-12(10-15(11)20-3)16(18)17-7-6-13-5-4-8-21-13/h9-10,13H,4-8H2,1-3H3,(H,17,18). The van der Waals surface area contributed by atoms with Gasteiger partial charge in [-0.15, -0.1) is 0 Å². The van der Waals surface area contributed by atoms with Gasteiger partial charge in [-0.25, -0.2) is 0 Å². The first-order valence-corrected chi connectivity index (χ1v) is 7.28. The molecule has 116 valence electrons. The number of rotatable bonds is 6. The van der Waals surface area contributed by atoms with Crippen molar-refractivity contribution in [2.75, 3.05) is 27.4 Å². The summed E-state index contributed by atoms with van der Waals surface area (Å²) >= 11 is 0. The zero-order chi connectivity index (χ0) is 15.2. The molecule has 5 heteroatoms. The maximum atomic E-state index is 12.2. The van der Waals surface area contributed by atoms with Crippen molar-refractivity contribution in [1.82, 2.24) is 5.32 Å². The molecular weight excluding hydrogens is 270 g/mol. The molecule has 0 spiro atoms. The highest BCUT2D eigenvalue weighted by atomic mass is 16.5. The highest BCUT2D eigenvalue weighted by Crippen LogP contribution is 2.29. The van der Waals surface area contributed by atoms with Gasteiger partial charge >= 0.3 is 0 Å². The minimum absolute atomic E-state index is 0.121. The van der Waals surface area contributed by atoms with E-state index in [0.717, 1.165) is 31.4 Å². The zero-order valence-corrected chi connectivity index (χ0v) is 12.9. The third kappa shape index (κ3) is 3.88. The monoisotopic (exact) mass is 293 g/mol. The van der Waals surface area contributed by atoms with Crippen LogP contribution >= 0.6 is 0 Å². The molecule has 0 bridgehead atoms. The second kappa shape index (κ2) is 7.31. The second-order valence-electron chi connectivity index (χ2n) is 5.19. The Balaban J connectivity index is 1.97. The van der Waals surface area contributed by atoms with Crippen molar-refractivity contribution in [3.05, 3.63) is 23.3 Å². The third-order valence-electron chi connectivity index (χ3n) is 3.79. The maximum absolute atomic E-state index is 12.2. The molecule has 1 aliphatic heterocycles. The topological polar surface area (TPSA) is 56.8 Å². The van der Waals surface area contributed by atoms with E-state index in [1.807, 2.05) is 6.92 Å². The van der Waals surface area contributed by atoms with Gasteiger partial charge in [-0.2, -0.15) is 0 Å². The number of carbonyl (C=O) groups excluding carboxylic acids is 1. The third-order valence-corrected chi connectivity index (χ3v) is 3.79. The molecule has 0 aromatic heterocycles. The molecule has 0 saturated carbocycles. The molecule has 21 heavy (non-hydrogen) atoms. The average Bonchev–Trinajstić information content (AvgIpc) is 3.00. The largest absolute Gasteiger partial charge is 0.496 e. The van der Waals surface area contributed by atoms with Crippen LogP contribution in [0.5, 0.6) is 11.5 Å². The minimum atomic E-state index is -0.121. The van der Waals surface area contributed by atoms with E-state index in [4.69, 9.17) is 14.2 Å². The first kappa shape index (κ1) is 15.6. The zero-order valence-electron chi connectivity index (χ0n) is 12.9. The van der Waals surface area contributed by atoms with Crippen LogP contribution in [0.15, 0.2) is 12.1 Å². The Morgan fingerprint density at radius 3 is 2.52 bits per heavy atom. The van der Waals surface area contributed by atoms with Crippen molar-refractivity contribution in [3.63, 3.8) is 0 Å². The van der Waals surface area contributed by atoms with Gasteiger partial charge in [0.25, 0.3) is 5.91 Å². The molecule has 2 rings (SSSR count). The quantitative estimate of drug-likeness (QED) is 0.874. The summed E-state index contributed by atoms with van der Waals surface area (Å²) in [6.45, 7) is 3.35. The van der Waals surface area contributed by atoms with Crippen LogP contribution in [0.4, 0.5) is 0 Å². The van der Waals surface area contributed by atoms with E-state index in [2.05, 4.69) is 5.32 Å². The number of hydrogen-bond acceptors (Lipinski definition) is 4. The first-order chi connectivity index (χ1) is 10.2. The van der Waals surface area contributed by atoms with Gasteiger partial charge in [0.15, 0.2) is 0 Å². The van der Waals surface area contributed by atoms with Gasteiger partial charge in [0, 0.05) is 24.3 Å². The second-order valence-corrected chi connectivity index (χ2v) is 5.19. The highest BCUT2D eigenvalue weighted by Gasteiger charge is 2.16. The van der Waals surface area contributed by atoms with Gasteiger partial charge in [0.2, 0.25) is 0 Å². The maximum Gasteiger partial charge on any atom is 0.251 e. The van der Waals surface area contributed by atoms with Crippen molar-refractivity contribution < 1.29 is 19.0 Å². The van der Waals surface area contributed by atoms with Crippen molar-refractivity contribution in [2.45, 2.75) is 32.3 Å². The molecule has 1 aromatic rings. The molecule has 1 unspecified atom stereocenters. The Hall–Kier alpha value is -1.75. The van der Waals surface area contributed by atoms with E-state index >= 15 is 0 Å². The summed E-state index contributed by atoms with van der Waals surface area (Å²) in [5.74, 6) is 1.18. The molecule has 1 amide bonds. The van der Waals surface area contributed by atoms with E-state index in [9.17, 15) is 4.79 Å². The highest BCUT2D eigenvalue weighted by molar-refractivity contribution is 5.95. The molecule has 1 heterocycles. The van der Waals surface area contributed by atoms with Crippen molar-refractivity contribution in [3.8, 4) is 11.5 Å². The van der Waals surface area contributed by atoms with E-state index in [0.29, 0.717) is 23.6 Å². The lowest BCUT2D eigenvalue weighted by Crippen LogP contribution is -2.27. The fraction of sp³-hybridized carbons (Fsp3) is 0.562. The summed E-state index contributed by atoms with van der Waals surface area (Å²) in [5.41, 5.74) is 1.43. The van der Waals surface area contributed by atoms with Gasteiger partial charge < -0.3 is 19.5 Å². The predicted molar refractivity (Wildman–Crippen MR) is 80.2 cm³/mol. The molecule has 1 fully saturated rings. The number of methoxy groups -OCH3 is 2. The van der Waals surface area contributed by atoms with Gasteiger partial charge in [0.05, 0.1) is 20.3 Å². The Kier molecular flexibility index (Phi) is 5.44. The number of benzene rings is 1. The predicted octanol–water partition coefficient (Wildman–Crippen LogP) is 2.31. The van der Waals surface area contributed by atoms with Crippen LogP contribution in [0.2, 0.25) is 0 Å². The van der Waals surface area contributed by atoms with Crippen LogP contribution in [0.25, 0.3) is 0 Å². The van der Waals surface area contributed by atoms with Gasteiger partial charge in [-0.3, -0.25) is 4.79 Å². The van der Waals surface area contributed by atoms with Crippen LogP contribution in [0.1, 0.15) is 35.2 Å². The molecule has 1 aliphatic rings. The van der Waals surface area contributed by atoms with E-state index < -0.39 is 0 Å². The van der Waals surface area contributed by atoms with Crippen molar-refractivity contribution >= 4 is 5.91 Å². The molecule has 1 saturated heterocycles. The number of amides is 1. The lowest BCUT2D eigenvalue weighted by Gasteiger charge is -2.13. The SMILES string of the molecule is COc1cc(C(=O)NCCC2CCCO2)cc(OC)c1C. The van der Waals surface area contributed by atoms with E-state index in [-0.39, 0.29) is 12.0 Å². The molecule has 0 aliphatic carbocycles. The van der Waals surface area contributed by atoms with Crippen LogP contribution < -0.4 is 14.8 Å². The number of hydrogen-bond donors (Lipinski definition) is 1. The lowest BCUT2D eigenvalue weighted by atomic mass is 10.1. The van der Waals surface area contributed by atoms with Crippen LogP contribution in [-0.4, -0.2) is 39.4 Å². The molecular formula is C16H23NO4. The molecule has 1 aromatic carbocycles. The summed E-state index contributed by atoms with van der Waals surface area (Å²) in [6, 6.07) is 3.47. The number of nitrogens with one attached hydrogen (secondary N) is 1. The summed E-state index contributed by atoms with van der Waals surface area (Å²) in [7, 11) is 3.17. The first-order valence-electron chi connectivity index (χ1n) is 7.28. The smallest absolute Gasteiger partial charge is 0.251 e. The fourth-order valence-electron chi connectivity index (χ4n) is 2.54. The van der Waals surface area contributed by atoms with Crippen molar-refractivity contribution in [2.24, 2.45) is 0 Å². The van der Waals surface area contributed by atoms with Gasteiger partial charge in [0.1, 0.15) is 11.5 Å². The lowest BCUT2D eigenvalue weighted by molar-refractivity contribution is 0.0906. The number of ether oxygens (including phenoxy) is 3. The summed E-state index contributed by atoms with van der Waals surface area (Å²) in [5, 5.41) is 2.92. The normalized spacial score (nSPS) is 17.6. The fourth-order valence-corrected chi connectivity index (χ4v) is 2.54. The summed E-state index contributed by atoms with van der Waals surface area (Å²) in [6.07, 6.45) is 3.34. The summed E-state index contributed by atoms with van der Waals surface area (Å²) in [4.78, 5) is 12.2. The van der Waals surface area contributed by atoms with Crippen molar-refractivity contribution in [1.29, 1.82) is 0 Å². The molecule has 1 N–H and O–H groups in total. The van der Waals surface area contributed by atoms with Crippen LogP contribution in [-0.2, 0) is 4.74 Å². The van der Waals surface area contributed by atoms with E-state index in [1.165, 1.54) is 0 Å². The van der Waals surface area contributed by atoms with Gasteiger partial charge in [-0.05, 0) is 38.3 Å². The van der Waals surface area contributed by atoms with Crippen LogP contribution in [0, 0.1) is 6.92 Å². The van der Waals surface area contributed by atoms with Crippen LogP contribution in [0.3, 0.4) is 0 Å². The Labute approximate surface area is 125 Å². The molecule has 1 atom stereocenters. The number of carbonyl (C=O) groups is 1. The molecule has 5 nitrogen and oxygen atoms in total. The Morgan fingerprint density at radius 2 is 2.00 bits per heavy atom.